The number of hydrogen-bond donors (Lipinski definition) is 1. The van der Waals surface area contributed by atoms with E-state index in [0.717, 1.165) is 18.8 Å². The summed E-state index contributed by atoms with van der Waals surface area (Å²) < 4.78 is 7.05. The van der Waals surface area contributed by atoms with Crippen LogP contribution in [0.3, 0.4) is 0 Å². The first-order valence-corrected chi connectivity index (χ1v) is 9.94. The van der Waals surface area contributed by atoms with Crippen LogP contribution < -0.4 is 10.1 Å². The van der Waals surface area contributed by atoms with E-state index in [2.05, 4.69) is 41.3 Å². The normalized spacial score (nSPS) is 12.0. The van der Waals surface area contributed by atoms with Gasteiger partial charge >= 0.3 is 0 Å². The summed E-state index contributed by atoms with van der Waals surface area (Å²) in [6, 6.07) is 20.0. The van der Waals surface area contributed by atoms with Crippen molar-refractivity contribution >= 4 is 5.91 Å². The number of hydrogen-bond acceptors (Lipinski definition) is 4. The number of ether oxygens (including phenoxy) is 1. The predicted molar refractivity (Wildman–Crippen MR) is 115 cm³/mol. The molecule has 0 fully saturated rings. The van der Waals surface area contributed by atoms with Crippen molar-refractivity contribution in [3.8, 4) is 11.4 Å². The lowest BCUT2D eigenvalue weighted by atomic mass is 10.1. The third-order valence-electron chi connectivity index (χ3n) is 5.03. The third kappa shape index (κ3) is 4.84. The summed E-state index contributed by atoms with van der Waals surface area (Å²) >= 11 is 0. The van der Waals surface area contributed by atoms with Gasteiger partial charge in [-0.25, -0.2) is 4.68 Å². The van der Waals surface area contributed by atoms with E-state index in [4.69, 9.17) is 4.74 Å². The number of likely N-dealkylation sites (N-methyl/N-ethyl adjacent to an activating group) is 1. The number of aromatic nitrogens is 2. The molecule has 0 aliphatic carbocycles. The Morgan fingerprint density at radius 3 is 2.28 bits per heavy atom. The zero-order chi connectivity index (χ0) is 20.6. The molecule has 152 valence electrons. The number of amides is 1. The summed E-state index contributed by atoms with van der Waals surface area (Å²) in [6.45, 7) is 6.55. The first-order valence-electron chi connectivity index (χ1n) is 9.94. The van der Waals surface area contributed by atoms with Crippen LogP contribution in [0.15, 0.2) is 66.9 Å². The largest absolute Gasteiger partial charge is 0.493 e. The summed E-state index contributed by atoms with van der Waals surface area (Å²) in [5.74, 6) is 0.204. The highest BCUT2D eigenvalue weighted by Crippen LogP contribution is 2.22. The first-order chi connectivity index (χ1) is 14.2. The SMILES string of the molecule is CCN(CC)C(CNC(=O)c1nn(-c2ccccc2)cc1OC)c1ccccc1. The molecule has 0 spiro atoms. The molecular formula is C23H28N4O2. The van der Waals surface area contributed by atoms with E-state index in [-0.39, 0.29) is 17.6 Å². The highest BCUT2D eigenvalue weighted by atomic mass is 16.5. The number of methoxy groups -OCH3 is 1. The van der Waals surface area contributed by atoms with Gasteiger partial charge in [-0.15, -0.1) is 0 Å². The number of nitrogens with one attached hydrogen (secondary N) is 1. The Hall–Kier alpha value is -3.12. The van der Waals surface area contributed by atoms with Crippen LogP contribution >= 0.6 is 0 Å². The van der Waals surface area contributed by atoms with E-state index >= 15 is 0 Å². The minimum atomic E-state index is -0.246. The maximum absolute atomic E-state index is 12.9. The Morgan fingerprint density at radius 1 is 1.07 bits per heavy atom. The number of carbonyl (C=O) groups is 1. The highest BCUT2D eigenvalue weighted by Gasteiger charge is 2.22. The molecule has 1 aromatic heterocycles. The van der Waals surface area contributed by atoms with Gasteiger partial charge in [0.05, 0.1) is 25.0 Å². The lowest BCUT2D eigenvalue weighted by Gasteiger charge is -2.30. The van der Waals surface area contributed by atoms with E-state index in [1.165, 1.54) is 5.56 Å². The average Bonchev–Trinajstić information content (AvgIpc) is 3.22. The van der Waals surface area contributed by atoms with Crippen LogP contribution in [-0.4, -0.2) is 47.3 Å². The van der Waals surface area contributed by atoms with Gasteiger partial charge in [0.15, 0.2) is 11.4 Å². The third-order valence-corrected chi connectivity index (χ3v) is 5.03. The van der Waals surface area contributed by atoms with Crippen LogP contribution in [0.5, 0.6) is 5.75 Å². The quantitative estimate of drug-likeness (QED) is 0.603. The molecule has 1 N–H and O–H groups in total. The Morgan fingerprint density at radius 2 is 1.69 bits per heavy atom. The van der Waals surface area contributed by atoms with Gasteiger partial charge in [0, 0.05) is 6.54 Å². The summed E-state index contributed by atoms with van der Waals surface area (Å²) in [6.07, 6.45) is 1.73. The van der Waals surface area contributed by atoms with Gasteiger partial charge < -0.3 is 10.1 Å². The van der Waals surface area contributed by atoms with Crippen molar-refractivity contribution in [3.05, 3.63) is 78.1 Å². The Labute approximate surface area is 172 Å². The number of benzene rings is 2. The van der Waals surface area contributed by atoms with Crippen LogP contribution in [0.2, 0.25) is 0 Å². The first kappa shape index (κ1) is 20.6. The lowest BCUT2D eigenvalue weighted by molar-refractivity contribution is 0.0926. The zero-order valence-corrected chi connectivity index (χ0v) is 17.2. The molecule has 0 saturated heterocycles. The highest BCUT2D eigenvalue weighted by molar-refractivity contribution is 5.95. The Bertz CT molecular complexity index is 905. The molecule has 0 saturated carbocycles. The van der Waals surface area contributed by atoms with Gasteiger partial charge in [-0.2, -0.15) is 5.10 Å². The van der Waals surface area contributed by atoms with Crippen LogP contribution in [-0.2, 0) is 0 Å². The minimum absolute atomic E-state index is 0.0948. The number of para-hydroxylation sites is 1. The van der Waals surface area contributed by atoms with Gasteiger partial charge in [0.25, 0.3) is 5.91 Å². The van der Waals surface area contributed by atoms with Gasteiger partial charge in [-0.3, -0.25) is 9.69 Å². The van der Waals surface area contributed by atoms with Crippen molar-refractivity contribution in [2.75, 3.05) is 26.7 Å². The molecule has 6 nitrogen and oxygen atoms in total. The zero-order valence-electron chi connectivity index (χ0n) is 17.2. The van der Waals surface area contributed by atoms with Crippen molar-refractivity contribution in [2.24, 2.45) is 0 Å². The van der Waals surface area contributed by atoms with Crippen molar-refractivity contribution in [3.63, 3.8) is 0 Å². The monoisotopic (exact) mass is 392 g/mol. The van der Waals surface area contributed by atoms with Crippen molar-refractivity contribution in [1.82, 2.24) is 20.0 Å². The average molecular weight is 393 g/mol. The lowest BCUT2D eigenvalue weighted by Crippen LogP contribution is -2.38. The summed E-state index contributed by atoms with van der Waals surface area (Å²) in [5.41, 5.74) is 2.33. The van der Waals surface area contributed by atoms with E-state index in [9.17, 15) is 4.79 Å². The maximum Gasteiger partial charge on any atom is 0.275 e. The molecule has 29 heavy (non-hydrogen) atoms. The molecule has 3 aromatic rings. The summed E-state index contributed by atoms with van der Waals surface area (Å²) in [7, 11) is 1.55. The van der Waals surface area contributed by atoms with E-state index in [0.29, 0.717) is 12.3 Å². The maximum atomic E-state index is 12.9. The molecule has 2 aromatic carbocycles. The smallest absolute Gasteiger partial charge is 0.275 e. The summed E-state index contributed by atoms with van der Waals surface area (Å²) in [5, 5.41) is 7.50. The van der Waals surface area contributed by atoms with E-state index in [1.807, 2.05) is 48.5 Å². The van der Waals surface area contributed by atoms with Crippen LogP contribution in [0, 0.1) is 0 Å². The molecule has 0 radical (unpaired) electrons. The van der Waals surface area contributed by atoms with Gasteiger partial charge in [-0.1, -0.05) is 62.4 Å². The number of nitrogens with zero attached hydrogens (tertiary/aromatic N) is 3. The van der Waals surface area contributed by atoms with E-state index < -0.39 is 0 Å². The van der Waals surface area contributed by atoms with Crippen LogP contribution in [0.4, 0.5) is 0 Å². The van der Waals surface area contributed by atoms with E-state index in [1.54, 1.807) is 18.0 Å². The number of carbonyl (C=O) groups excluding carboxylic acids is 1. The molecule has 0 aliphatic heterocycles. The predicted octanol–water partition coefficient (Wildman–Crippen LogP) is 3.69. The second-order valence-electron chi connectivity index (χ2n) is 6.68. The fourth-order valence-electron chi connectivity index (χ4n) is 3.45. The molecule has 0 aliphatic rings. The molecule has 1 amide bonds. The van der Waals surface area contributed by atoms with Crippen LogP contribution in [0.25, 0.3) is 5.69 Å². The number of rotatable bonds is 9. The summed E-state index contributed by atoms with van der Waals surface area (Å²) in [4.78, 5) is 15.2. The molecular weight excluding hydrogens is 364 g/mol. The second kappa shape index (κ2) is 9.89. The fourth-order valence-corrected chi connectivity index (χ4v) is 3.45. The van der Waals surface area contributed by atoms with Gasteiger partial charge in [0.1, 0.15) is 0 Å². The molecule has 0 bridgehead atoms. The molecule has 3 rings (SSSR count). The minimum Gasteiger partial charge on any atom is -0.493 e. The Kier molecular flexibility index (Phi) is 7.03. The second-order valence-corrected chi connectivity index (χ2v) is 6.68. The Balaban J connectivity index is 1.79. The van der Waals surface area contributed by atoms with Crippen LogP contribution in [0.1, 0.15) is 35.9 Å². The van der Waals surface area contributed by atoms with Crippen molar-refractivity contribution in [2.45, 2.75) is 19.9 Å². The molecule has 1 atom stereocenters. The topological polar surface area (TPSA) is 59.4 Å². The molecule has 1 unspecified atom stereocenters. The molecule has 1 heterocycles. The van der Waals surface area contributed by atoms with Crippen molar-refractivity contribution in [1.29, 1.82) is 0 Å². The fraction of sp³-hybridized carbons (Fsp3) is 0.304. The molecule has 6 heteroatoms. The van der Waals surface area contributed by atoms with Gasteiger partial charge in [0.2, 0.25) is 0 Å². The van der Waals surface area contributed by atoms with Crippen molar-refractivity contribution < 1.29 is 9.53 Å². The van der Waals surface area contributed by atoms with Gasteiger partial charge in [-0.05, 0) is 30.8 Å². The standard InChI is InChI=1S/C23H28N4O2/c1-4-26(5-2)20(18-12-8-6-9-13-18)16-24-23(28)22-21(29-3)17-27(25-22)19-14-10-7-11-15-19/h6-15,17,20H,4-5,16H2,1-3H3,(H,24,28).